The third-order valence-electron chi connectivity index (χ3n) is 1.66. The second kappa shape index (κ2) is 4.94. The van der Waals surface area contributed by atoms with Crippen LogP contribution in [0, 0.1) is 23.3 Å². The molecule has 0 aliphatic rings. The number of benzene rings is 1. The molecule has 0 heterocycles. The van der Waals surface area contributed by atoms with Crippen molar-refractivity contribution in [1.29, 1.82) is 0 Å². The van der Waals surface area contributed by atoms with E-state index >= 15 is 0 Å². The molecule has 16 heavy (non-hydrogen) atoms. The fraction of sp³-hybridized carbons (Fsp3) is 0. The summed E-state index contributed by atoms with van der Waals surface area (Å²) in [5.41, 5.74) is -2.53. The number of rotatable bonds is 2. The fourth-order valence-electron chi connectivity index (χ4n) is 0.979. The standard InChI is InChI=1S/C8F4I2O2/c9-3-1(7(13)15)4(10)6(12)5(11)2(3)8(14)16. The normalized spacial score (nSPS) is 10.4. The van der Waals surface area contributed by atoms with Crippen LogP contribution in [0.2, 0.25) is 0 Å². The molecule has 0 N–H and O–H groups in total. The molecule has 86 valence electrons. The van der Waals surface area contributed by atoms with Gasteiger partial charge in [0, 0.05) is 45.2 Å². The summed E-state index contributed by atoms with van der Waals surface area (Å²) in [7, 11) is 0. The molecule has 0 atom stereocenters. The van der Waals surface area contributed by atoms with E-state index in [1.807, 2.05) is 0 Å². The Kier molecular flexibility index (Phi) is 4.26. The number of hydrogen-bond acceptors (Lipinski definition) is 2. The highest BCUT2D eigenvalue weighted by Gasteiger charge is 2.30. The molecule has 1 aromatic rings. The first kappa shape index (κ1) is 13.8. The van der Waals surface area contributed by atoms with Crippen LogP contribution in [0.5, 0.6) is 0 Å². The molecule has 0 saturated carbocycles. The second-order valence-electron chi connectivity index (χ2n) is 2.55. The van der Waals surface area contributed by atoms with Crippen LogP contribution in [0.3, 0.4) is 0 Å². The van der Waals surface area contributed by atoms with Crippen LogP contribution in [-0.4, -0.2) is 7.58 Å². The number of carbonyl (C=O) groups is 2. The predicted molar refractivity (Wildman–Crippen MR) is 63.0 cm³/mol. The Bertz CT molecular complexity index is 460. The highest BCUT2D eigenvalue weighted by Crippen LogP contribution is 2.27. The Morgan fingerprint density at radius 3 is 1.25 bits per heavy atom. The van der Waals surface area contributed by atoms with Crippen molar-refractivity contribution >= 4 is 52.8 Å². The van der Waals surface area contributed by atoms with E-state index in [9.17, 15) is 27.2 Å². The lowest BCUT2D eigenvalue weighted by Crippen LogP contribution is -2.12. The van der Waals surface area contributed by atoms with Gasteiger partial charge in [-0.25, -0.2) is 17.6 Å². The highest BCUT2D eigenvalue weighted by molar-refractivity contribution is 14.1. The average molecular weight is 458 g/mol. The zero-order valence-electron chi connectivity index (χ0n) is 7.08. The van der Waals surface area contributed by atoms with Gasteiger partial charge < -0.3 is 0 Å². The van der Waals surface area contributed by atoms with E-state index in [4.69, 9.17) is 0 Å². The summed E-state index contributed by atoms with van der Waals surface area (Å²) < 4.78 is 50.0. The molecule has 0 amide bonds. The maximum Gasteiger partial charge on any atom is 0.228 e. The molecule has 0 bridgehead atoms. The molecule has 0 fully saturated rings. The van der Waals surface area contributed by atoms with E-state index in [-0.39, 0.29) is 0 Å². The van der Waals surface area contributed by atoms with Gasteiger partial charge >= 0.3 is 0 Å². The van der Waals surface area contributed by atoms with Gasteiger partial charge in [0.2, 0.25) is 7.58 Å². The minimum Gasteiger partial charge on any atom is -0.282 e. The van der Waals surface area contributed by atoms with E-state index in [2.05, 4.69) is 0 Å². The molecule has 8 heteroatoms. The van der Waals surface area contributed by atoms with Gasteiger partial charge in [-0.1, -0.05) is 0 Å². The van der Waals surface area contributed by atoms with Crippen molar-refractivity contribution in [3.8, 4) is 0 Å². The summed E-state index contributed by atoms with van der Waals surface area (Å²) in [5.74, 6) is -7.59. The van der Waals surface area contributed by atoms with Crippen molar-refractivity contribution in [3.05, 3.63) is 34.4 Å². The van der Waals surface area contributed by atoms with Gasteiger partial charge in [0.15, 0.2) is 23.3 Å². The molecular weight excluding hydrogens is 458 g/mol. The minimum atomic E-state index is -2.04. The Morgan fingerprint density at radius 2 is 1.00 bits per heavy atom. The molecule has 1 rings (SSSR count). The maximum atomic E-state index is 13.4. The molecule has 0 aliphatic carbocycles. The lowest BCUT2D eigenvalue weighted by molar-refractivity contribution is 0.109. The Balaban J connectivity index is 3.80. The van der Waals surface area contributed by atoms with Crippen molar-refractivity contribution in [3.63, 3.8) is 0 Å². The first-order valence-corrected chi connectivity index (χ1v) is 5.70. The number of halogens is 6. The average Bonchev–Trinajstić information content (AvgIpc) is 2.13. The first-order valence-electron chi connectivity index (χ1n) is 3.54. The quantitative estimate of drug-likeness (QED) is 0.224. The molecular formula is C8F4I2O2. The summed E-state index contributed by atoms with van der Waals surface area (Å²) >= 11 is 2.01. The van der Waals surface area contributed by atoms with Crippen molar-refractivity contribution < 1.29 is 27.2 Å². The number of hydrogen-bond donors (Lipinski definition) is 0. The van der Waals surface area contributed by atoms with E-state index < -0.39 is 42.0 Å². The summed E-state index contributed by atoms with van der Waals surface area (Å²) in [6.07, 6.45) is 0. The van der Waals surface area contributed by atoms with E-state index in [0.29, 0.717) is 0 Å². The smallest absolute Gasteiger partial charge is 0.228 e. The SMILES string of the molecule is O=C(I)c1c(F)c(F)c(F)c(C(=O)I)c1F. The fourth-order valence-corrected chi connectivity index (χ4v) is 1.93. The summed E-state index contributed by atoms with van der Waals surface area (Å²) in [6.45, 7) is 0. The van der Waals surface area contributed by atoms with Gasteiger partial charge in [-0.3, -0.25) is 9.59 Å². The van der Waals surface area contributed by atoms with Crippen LogP contribution in [0.4, 0.5) is 17.6 Å². The number of carbonyl (C=O) groups excluding carboxylic acids is 2. The largest absolute Gasteiger partial charge is 0.282 e. The van der Waals surface area contributed by atoms with Crippen LogP contribution in [0.25, 0.3) is 0 Å². The maximum absolute atomic E-state index is 13.4. The summed E-state index contributed by atoms with van der Waals surface area (Å²) in [4.78, 5) is 21.7. The van der Waals surface area contributed by atoms with Crippen molar-refractivity contribution in [2.75, 3.05) is 0 Å². The molecule has 0 spiro atoms. The molecule has 2 nitrogen and oxygen atoms in total. The van der Waals surface area contributed by atoms with Gasteiger partial charge in [-0.05, 0) is 0 Å². The molecule has 0 radical (unpaired) electrons. The van der Waals surface area contributed by atoms with Crippen molar-refractivity contribution in [2.45, 2.75) is 0 Å². The molecule has 0 unspecified atom stereocenters. The van der Waals surface area contributed by atoms with Crippen LogP contribution < -0.4 is 0 Å². The van der Waals surface area contributed by atoms with Crippen LogP contribution >= 0.6 is 45.2 Å². The predicted octanol–water partition coefficient (Wildman–Crippen LogP) is 3.39. The van der Waals surface area contributed by atoms with Gasteiger partial charge in [-0.2, -0.15) is 0 Å². The third-order valence-corrected chi connectivity index (χ3v) is 2.74. The van der Waals surface area contributed by atoms with Crippen molar-refractivity contribution in [1.82, 2.24) is 0 Å². The molecule has 0 saturated heterocycles. The highest BCUT2D eigenvalue weighted by atomic mass is 127. The Labute approximate surface area is 114 Å². The minimum absolute atomic E-state index is 1.01. The monoisotopic (exact) mass is 458 g/mol. The Morgan fingerprint density at radius 1 is 0.688 bits per heavy atom. The van der Waals surface area contributed by atoms with Crippen LogP contribution in [0.15, 0.2) is 0 Å². The molecule has 1 aromatic carbocycles. The lowest BCUT2D eigenvalue weighted by atomic mass is 10.1. The van der Waals surface area contributed by atoms with Crippen molar-refractivity contribution in [2.24, 2.45) is 0 Å². The van der Waals surface area contributed by atoms with Gasteiger partial charge in [-0.15, -0.1) is 0 Å². The zero-order chi connectivity index (χ0) is 12.6. The van der Waals surface area contributed by atoms with Gasteiger partial charge in [0.1, 0.15) is 11.1 Å². The van der Waals surface area contributed by atoms with Gasteiger partial charge in [0.05, 0.1) is 0 Å². The second-order valence-corrected chi connectivity index (χ2v) is 4.51. The third kappa shape index (κ3) is 2.21. The van der Waals surface area contributed by atoms with E-state index in [1.165, 1.54) is 0 Å². The summed E-state index contributed by atoms with van der Waals surface area (Å²) in [5, 5.41) is 0. The van der Waals surface area contributed by atoms with Crippen LogP contribution in [-0.2, 0) is 0 Å². The molecule has 0 aromatic heterocycles. The summed E-state index contributed by atoms with van der Waals surface area (Å²) in [6, 6.07) is 0. The van der Waals surface area contributed by atoms with Crippen LogP contribution in [0.1, 0.15) is 20.7 Å². The molecule has 0 aliphatic heterocycles. The Hall–Kier alpha value is -0.260. The topological polar surface area (TPSA) is 34.1 Å². The van der Waals surface area contributed by atoms with E-state index in [1.54, 1.807) is 0 Å². The lowest BCUT2D eigenvalue weighted by Gasteiger charge is -2.06. The first-order chi connectivity index (χ1) is 7.29. The zero-order valence-corrected chi connectivity index (χ0v) is 11.4. The van der Waals surface area contributed by atoms with E-state index in [0.717, 1.165) is 45.2 Å². The van der Waals surface area contributed by atoms with Gasteiger partial charge in [0.25, 0.3) is 0 Å².